The van der Waals surface area contributed by atoms with Crippen molar-refractivity contribution in [1.82, 2.24) is 4.90 Å². The number of likely N-dealkylation sites (tertiary alicyclic amines) is 1. The predicted octanol–water partition coefficient (Wildman–Crippen LogP) is 0.466. The Balaban J connectivity index is 2.63. The van der Waals surface area contributed by atoms with E-state index in [1.807, 2.05) is 0 Å². The highest BCUT2D eigenvalue weighted by Crippen LogP contribution is 2.19. The number of amides is 1. The fourth-order valence-corrected chi connectivity index (χ4v) is 1.45. The lowest BCUT2D eigenvalue weighted by molar-refractivity contribution is 0.0243. The molecule has 5 heteroatoms. The number of ether oxygens (including phenoxy) is 1. The summed E-state index contributed by atoms with van der Waals surface area (Å²) >= 11 is 0. The van der Waals surface area contributed by atoms with Crippen LogP contribution in [-0.2, 0) is 9.53 Å². The lowest BCUT2D eigenvalue weighted by Gasteiger charge is -2.25. The summed E-state index contributed by atoms with van der Waals surface area (Å²) in [6, 6.07) is -0.685. The van der Waals surface area contributed by atoms with Crippen LogP contribution in [0, 0.1) is 0 Å². The quantitative estimate of drug-likeness (QED) is 0.689. The monoisotopic (exact) mass is 214 g/mol. The molecule has 0 bridgehead atoms. The van der Waals surface area contributed by atoms with Crippen LogP contribution < -0.4 is 0 Å². The summed E-state index contributed by atoms with van der Waals surface area (Å²) in [6.45, 7) is 5.37. The van der Waals surface area contributed by atoms with Crippen LogP contribution in [0.3, 0.4) is 0 Å². The van der Waals surface area contributed by atoms with Gasteiger partial charge in [-0.3, -0.25) is 9.69 Å². The molecule has 1 aliphatic heterocycles. The Bertz CT molecular complexity index is 259. The van der Waals surface area contributed by atoms with Crippen LogP contribution in [0.4, 0.5) is 4.79 Å². The number of rotatable bonds is 1. The van der Waals surface area contributed by atoms with Gasteiger partial charge in [0.15, 0.2) is 0 Å². The fraction of sp³-hybridized carbons (Fsp3) is 0.800. The van der Waals surface area contributed by atoms with Gasteiger partial charge in [-0.15, -0.1) is 0 Å². The van der Waals surface area contributed by atoms with Crippen LogP contribution in [0.2, 0.25) is 0 Å². The molecule has 0 aromatic heterocycles. The van der Waals surface area contributed by atoms with E-state index >= 15 is 0 Å². The van der Waals surface area contributed by atoms with Crippen molar-refractivity contribution in [2.75, 3.05) is 6.54 Å². The number of hydrogen-bond donors (Lipinski definition) is 1. The van der Waals surface area contributed by atoms with Gasteiger partial charge in [0, 0.05) is 6.42 Å². The van der Waals surface area contributed by atoms with Crippen molar-refractivity contribution in [2.45, 2.75) is 44.9 Å². The minimum Gasteiger partial charge on any atom is -0.444 e. The third-order valence-corrected chi connectivity index (χ3v) is 2.04. The molecule has 15 heavy (non-hydrogen) atoms. The molecule has 1 radical (unpaired) electrons. The minimum absolute atomic E-state index is 0.134. The first kappa shape index (κ1) is 12.0. The highest BCUT2D eigenvalue weighted by molar-refractivity contribution is 5.74. The van der Waals surface area contributed by atoms with Crippen LogP contribution in [0.5, 0.6) is 0 Å². The van der Waals surface area contributed by atoms with E-state index in [-0.39, 0.29) is 13.0 Å². The van der Waals surface area contributed by atoms with Gasteiger partial charge in [-0.2, -0.15) is 0 Å². The van der Waals surface area contributed by atoms with E-state index in [0.717, 1.165) is 0 Å². The van der Waals surface area contributed by atoms with Gasteiger partial charge in [0.1, 0.15) is 11.6 Å². The van der Waals surface area contributed by atoms with Gasteiger partial charge >= 0.3 is 6.09 Å². The number of hydrogen-bond acceptors (Lipinski definition) is 4. The molecule has 85 valence electrons. The summed E-state index contributed by atoms with van der Waals surface area (Å²) in [5, 5.41) is 9.32. The van der Waals surface area contributed by atoms with Crippen molar-refractivity contribution in [3.05, 3.63) is 0 Å². The maximum Gasteiger partial charge on any atom is 0.411 e. The third-order valence-electron chi connectivity index (χ3n) is 2.04. The van der Waals surface area contributed by atoms with Gasteiger partial charge in [0.05, 0.1) is 12.6 Å². The zero-order chi connectivity index (χ0) is 11.6. The molecule has 1 fully saturated rings. The molecule has 0 unspecified atom stereocenters. The highest BCUT2D eigenvalue weighted by Gasteiger charge is 2.37. The fourth-order valence-electron chi connectivity index (χ4n) is 1.45. The Morgan fingerprint density at radius 2 is 2.13 bits per heavy atom. The van der Waals surface area contributed by atoms with Crippen molar-refractivity contribution < 1.29 is 19.4 Å². The second-order valence-corrected chi connectivity index (χ2v) is 4.66. The number of carbonyl (C=O) groups excluding carboxylic acids is 2. The van der Waals surface area contributed by atoms with E-state index in [0.29, 0.717) is 0 Å². The molecule has 1 rings (SSSR count). The highest BCUT2D eigenvalue weighted by atomic mass is 16.6. The number of β-amino-alcohol motifs (C(OH)–C–C–N with tert-alkyl or cyclic N) is 1. The van der Waals surface area contributed by atoms with Crippen LogP contribution in [0.25, 0.3) is 0 Å². The van der Waals surface area contributed by atoms with E-state index in [1.54, 1.807) is 27.1 Å². The number of carbonyl (C=O) groups is 1. The van der Waals surface area contributed by atoms with Crippen molar-refractivity contribution in [1.29, 1.82) is 0 Å². The molecular formula is C10H16NO4. The summed E-state index contributed by atoms with van der Waals surface area (Å²) < 4.78 is 5.10. The molecule has 0 aromatic carbocycles. The Hall–Kier alpha value is -1.10. The molecule has 1 amide bonds. The molecule has 0 aromatic rings. The Labute approximate surface area is 89.0 Å². The third kappa shape index (κ3) is 3.20. The van der Waals surface area contributed by atoms with Gasteiger partial charge < -0.3 is 9.84 Å². The predicted molar refractivity (Wildman–Crippen MR) is 53.0 cm³/mol. The normalized spacial score (nSPS) is 26.5. The van der Waals surface area contributed by atoms with Gasteiger partial charge in [-0.1, -0.05) is 0 Å². The first-order valence-electron chi connectivity index (χ1n) is 4.89. The first-order chi connectivity index (χ1) is 6.83. The van der Waals surface area contributed by atoms with Crippen LogP contribution in [0.15, 0.2) is 0 Å². The summed E-state index contributed by atoms with van der Waals surface area (Å²) in [6.07, 6.45) is 0.726. The first-order valence-corrected chi connectivity index (χ1v) is 4.89. The van der Waals surface area contributed by atoms with E-state index in [4.69, 9.17) is 4.74 Å². The molecule has 0 aliphatic carbocycles. The van der Waals surface area contributed by atoms with E-state index in [1.165, 1.54) is 4.90 Å². The zero-order valence-corrected chi connectivity index (χ0v) is 9.19. The topological polar surface area (TPSA) is 66.8 Å². The van der Waals surface area contributed by atoms with Crippen molar-refractivity contribution in [3.8, 4) is 0 Å². The van der Waals surface area contributed by atoms with E-state index in [9.17, 15) is 14.7 Å². The summed E-state index contributed by atoms with van der Waals surface area (Å²) in [5.41, 5.74) is -0.599. The average Bonchev–Trinajstić information content (AvgIpc) is 2.43. The lowest BCUT2D eigenvalue weighted by atomic mass is 10.2. The largest absolute Gasteiger partial charge is 0.444 e. The summed E-state index contributed by atoms with van der Waals surface area (Å²) in [7, 11) is 0. The Kier molecular flexibility index (Phi) is 3.34. The van der Waals surface area contributed by atoms with Gasteiger partial charge in [-0.25, -0.2) is 4.79 Å². The minimum atomic E-state index is -0.685. The number of aliphatic hydroxyl groups is 1. The number of aliphatic hydroxyl groups excluding tert-OH is 1. The standard InChI is InChI=1S/C10H16NO4/c1-10(2,3)15-9(14)11-5-8(13)4-7(11)6-12/h7-8,13H,4-5H2,1-3H3/t7-,8+/m1/s1. The van der Waals surface area contributed by atoms with Gasteiger partial charge in [-0.05, 0) is 20.8 Å². The van der Waals surface area contributed by atoms with Crippen molar-refractivity contribution >= 4 is 12.4 Å². The SMILES string of the molecule is CC(C)(C)OC(=O)N1C[C@@H](O)C[C@@H]1[C]=O. The maximum absolute atomic E-state index is 11.6. The van der Waals surface area contributed by atoms with Crippen LogP contribution in [0.1, 0.15) is 27.2 Å². The van der Waals surface area contributed by atoms with Crippen LogP contribution in [-0.4, -0.2) is 46.7 Å². The summed E-state index contributed by atoms with van der Waals surface area (Å²) in [4.78, 5) is 23.3. The zero-order valence-electron chi connectivity index (χ0n) is 9.19. The molecule has 1 aliphatic rings. The molecular weight excluding hydrogens is 198 g/mol. The molecule has 0 spiro atoms. The summed E-state index contributed by atoms with van der Waals surface area (Å²) in [5.74, 6) is 0. The molecule has 5 nitrogen and oxygen atoms in total. The second-order valence-electron chi connectivity index (χ2n) is 4.66. The molecule has 1 saturated heterocycles. The van der Waals surface area contributed by atoms with Crippen molar-refractivity contribution in [2.24, 2.45) is 0 Å². The average molecular weight is 214 g/mol. The van der Waals surface area contributed by atoms with Crippen molar-refractivity contribution in [3.63, 3.8) is 0 Å². The molecule has 1 heterocycles. The Morgan fingerprint density at radius 1 is 1.53 bits per heavy atom. The molecule has 1 N–H and O–H groups in total. The maximum atomic E-state index is 11.6. The second kappa shape index (κ2) is 4.18. The lowest BCUT2D eigenvalue weighted by Crippen LogP contribution is -2.40. The van der Waals surface area contributed by atoms with E-state index < -0.39 is 23.8 Å². The smallest absolute Gasteiger partial charge is 0.411 e. The van der Waals surface area contributed by atoms with Gasteiger partial charge in [0.2, 0.25) is 6.29 Å². The number of nitrogens with zero attached hydrogens (tertiary/aromatic N) is 1. The molecule has 2 atom stereocenters. The molecule has 0 saturated carbocycles. The van der Waals surface area contributed by atoms with E-state index in [2.05, 4.69) is 0 Å². The van der Waals surface area contributed by atoms with Crippen LogP contribution >= 0.6 is 0 Å². The van der Waals surface area contributed by atoms with Gasteiger partial charge in [0.25, 0.3) is 0 Å². The Morgan fingerprint density at radius 3 is 2.60 bits per heavy atom.